The van der Waals surface area contributed by atoms with Gasteiger partial charge < -0.3 is 9.84 Å². The van der Waals surface area contributed by atoms with Gasteiger partial charge in [0.15, 0.2) is 0 Å². The molecule has 0 rings (SSSR count). The molecule has 0 aromatic carbocycles. The van der Waals surface area contributed by atoms with Gasteiger partial charge in [-0.05, 0) is 6.42 Å². The highest BCUT2D eigenvalue weighted by molar-refractivity contribution is 6.60. The first-order valence-electron chi connectivity index (χ1n) is 9.29. The summed E-state index contributed by atoms with van der Waals surface area (Å²) in [4.78, 5) is 22.3. The number of carboxylic acids is 1. The van der Waals surface area contributed by atoms with Gasteiger partial charge in [-0.15, -0.1) is 0 Å². The minimum absolute atomic E-state index is 0.0260. The lowest BCUT2D eigenvalue weighted by Crippen LogP contribution is -2.35. The molecule has 0 aromatic rings. The summed E-state index contributed by atoms with van der Waals surface area (Å²) in [5.74, 6) is -1.69. The second kappa shape index (κ2) is 13.6. The first-order chi connectivity index (χ1) is 10.9. The van der Waals surface area contributed by atoms with E-state index in [1.165, 1.54) is 44.9 Å². The summed E-state index contributed by atoms with van der Waals surface area (Å²) in [5.41, 5.74) is 0.522. The molecule has 23 heavy (non-hydrogen) atoms. The summed E-state index contributed by atoms with van der Waals surface area (Å²) in [6.07, 6.45) is 10.4. The molecular weight excluding hydrogens is 308 g/mol. The van der Waals surface area contributed by atoms with Crippen LogP contribution in [0.15, 0.2) is 0 Å². The normalized spacial score (nSPS) is 13.8. The van der Waals surface area contributed by atoms with E-state index < -0.39 is 27.2 Å². The largest absolute Gasteiger partial charge is 0.481 e. The topological polar surface area (TPSA) is 63.6 Å². The average Bonchev–Trinajstić information content (AvgIpc) is 2.47. The molecule has 4 nitrogen and oxygen atoms in total. The minimum Gasteiger partial charge on any atom is -0.481 e. The molecule has 0 spiro atoms. The van der Waals surface area contributed by atoms with Crippen LogP contribution >= 0.6 is 0 Å². The quantitative estimate of drug-likeness (QED) is 0.214. The Morgan fingerprint density at radius 2 is 1.52 bits per heavy atom. The van der Waals surface area contributed by atoms with Crippen molar-refractivity contribution in [3.05, 3.63) is 0 Å². The molecule has 0 fully saturated rings. The number of hydrogen-bond acceptors (Lipinski definition) is 3. The molecule has 0 aliphatic carbocycles. The van der Waals surface area contributed by atoms with E-state index >= 15 is 0 Å². The number of carbonyl (C=O) groups excluding carboxylic acids is 1. The summed E-state index contributed by atoms with van der Waals surface area (Å²) in [5, 5.41) is 8.69. The first-order valence-corrected chi connectivity index (χ1v) is 11.8. The Kier molecular flexibility index (Phi) is 13.1. The van der Waals surface area contributed by atoms with Crippen LogP contribution in [0.4, 0.5) is 0 Å². The molecule has 0 saturated carbocycles. The van der Waals surface area contributed by atoms with Gasteiger partial charge >= 0.3 is 11.9 Å². The zero-order valence-corrected chi connectivity index (χ0v) is 16.6. The van der Waals surface area contributed by atoms with Crippen molar-refractivity contribution >= 4 is 20.7 Å². The summed E-state index contributed by atoms with van der Waals surface area (Å²) in [6.45, 7) is 8.78. The van der Waals surface area contributed by atoms with Crippen LogP contribution in [0, 0.1) is 0 Å². The van der Waals surface area contributed by atoms with E-state index in [-0.39, 0.29) is 5.73 Å². The standard InChI is InChI=1S/C18H36O4Si/c1-5-6-7-8-9-10-11-12-13-18(23(4)15(2)3)22-17(21)14-16(19)20/h15,18,23H,5-14H2,1-4H3,(H,19,20). The minimum atomic E-state index is -1.20. The third kappa shape index (κ3) is 12.3. The molecule has 0 aliphatic rings. The molecule has 0 amide bonds. The van der Waals surface area contributed by atoms with Gasteiger partial charge in [-0.2, -0.15) is 0 Å². The van der Waals surface area contributed by atoms with Crippen LogP contribution in [-0.4, -0.2) is 31.6 Å². The van der Waals surface area contributed by atoms with Gasteiger partial charge in [-0.25, -0.2) is 0 Å². The Morgan fingerprint density at radius 3 is 2.00 bits per heavy atom. The summed E-state index contributed by atoms with van der Waals surface area (Å²) >= 11 is 0. The molecule has 0 saturated heterocycles. The van der Waals surface area contributed by atoms with Crippen LogP contribution in [0.3, 0.4) is 0 Å². The Bertz CT molecular complexity index is 331. The summed E-state index contributed by atoms with van der Waals surface area (Å²) in [7, 11) is -1.20. The highest BCUT2D eigenvalue weighted by Crippen LogP contribution is 2.20. The second-order valence-corrected chi connectivity index (χ2v) is 10.8. The number of carboxylic acid groups (broad SMARTS) is 1. The Labute approximate surface area is 143 Å². The van der Waals surface area contributed by atoms with Gasteiger partial charge in [-0.3, -0.25) is 9.59 Å². The number of carbonyl (C=O) groups is 2. The molecule has 2 atom stereocenters. The van der Waals surface area contributed by atoms with Crippen LogP contribution in [0.2, 0.25) is 12.1 Å². The molecule has 1 N–H and O–H groups in total. The smallest absolute Gasteiger partial charge is 0.317 e. The number of aliphatic carboxylic acids is 1. The van der Waals surface area contributed by atoms with Crippen molar-refractivity contribution in [3.63, 3.8) is 0 Å². The van der Waals surface area contributed by atoms with E-state index in [0.717, 1.165) is 12.8 Å². The Balaban J connectivity index is 4.07. The Morgan fingerprint density at radius 1 is 1.00 bits per heavy atom. The zero-order chi connectivity index (χ0) is 17.7. The third-order valence-electron chi connectivity index (χ3n) is 4.56. The lowest BCUT2D eigenvalue weighted by atomic mass is 10.1. The van der Waals surface area contributed by atoms with Crippen LogP contribution < -0.4 is 0 Å². The SMILES string of the molecule is CCCCCCCCCCC(OC(=O)CC(=O)O)[SiH](C)C(C)C. The van der Waals surface area contributed by atoms with Crippen molar-refractivity contribution in [3.8, 4) is 0 Å². The lowest BCUT2D eigenvalue weighted by molar-refractivity contribution is -0.152. The highest BCUT2D eigenvalue weighted by Gasteiger charge is 2.25. The number of ether oxygens (including phenoxy) is 1. The maximum absolute atomic E-state index is 11.6. The molecular formula is C18H36O4Si. The fourth-order valence-corrected chi connectivity index (χ4v) is 4.66. The second-order valence-electron chi connectivity index (χ2n) is 6.97. The molecule has 136 valence electrons. The maximum atomic E-state index is 11.6. The van der Waals surface area contributed by atoms with Crippen molar-refractivity contribution in [1.29, 1.82) is 0 Å². The van der Waals surface area contributed by atoms with Crippen LogP contribution in [-0.2, 0) is 14.3 Å². The zero-order valence-electron chi connectivity index (χ0n) is 15.5. The number of hydrogen-bond donors (Lipinski definition) is 1. The Hall–Kier alpha value is -0.843. The van der Waals surface area contributed by atoms with Gasteiger partial charge in [-0.1, -0.05) is 84.2 Å². The van der Waals surface area contributed by atoms with Crippen LogP contribution in [0.5, 0.6) is 0 Å². The van der Waals surface area contributed by atoms with E-state index in [4.69, 9.17) is 9.84 Å². The number of unbranched alkanes of at least 4 members (excludes halogenated alkanes) is 7. The van der Waals surface area contributed by atoms with Crippen LogP contribution in [0.25, 0.3) is 0 Å². The van der Waals surface area contributed by atoms with Crippen molar-refractivity contribution in [2.75, 3.05) is 0 Å². The molecule has 0 heterocycles. The maximum Gasteiger partial charge on any atom is 0.317 e. The third-order valence-corrected chi connectivity index (χ3v) is 8.30. The number of esters is 1. The fourth-order valence-electron chi connectivity index (χ4n) is 2.67. The van der Waals surface area contributed by atoms with E-state index in [1.807, 2.05) is 0 Å². The molecule has 0 aliphatic heterocycles. The van der Waals surface area contributed by atoms with Gasteiger partial charge in [0, 0.05) is 0 Å². The predicted octanol–water partition coefficient (Wildman–Crippen LogP) is 4.71. The molecule has 0 bridgehead atoms. The summed E-state index contributed by atoms with van der Waals surface area (Å²) in [6, 6.07) is 0. The van der Waals surface area contributed by atoms with E-state index in [0.29, 0.717) is 5.54 Å². The highest BCUT2D eigenvalue weighted by atomic mass is 28.3. The van der Waals surface area contributed by atoms with Crippen molar-refractivity contribution in [1.82, 2.24) is 0 Å². The first kappa shape index (κ1) is 22.2. The van der Waals surface area contributed by atoms with Gasteiger partial charge in [0.1, 0.15) is 6.42 Å². The van der Waals surface area contributed by atoms with E-state index in [2.05, 4.69) is 27.3 Å². The van der Waals surface area contributed by atoms with Gasteiger partial charge in [0.25, 0.3) is 0 Å². The van der Waals surface area contributed by atoms with Gasteiger partial charge in [0.05, 0.1) is 14.5 Å². The van der Waals surface area contributed by atoms with E-state index in [9.17, 15) is 9.59 Å². The van der Waals surface area contributed by atoms with Crippen molar-refractivity contribution < 1.29 is 19.4 Å². The molecule has 5 heteroatoms. The van der Waals surface area contributed by atoms with E-state index in [1.54, 1.807) is 0 Å². The summed E-state index contributed by atoms with van der Waals surface area (Å²) < 4.78 is 5.49. The lowest BCUT2D eigenvalue weighted by Gasteiger charge is -2.25. The van der Waals surface area contributed by atoms with Gasteiger partial charge in [0.2, 0.25) is 0 Å². The predicted molar refractivity (Wildman–Crippen MR) is 97.5 cm³/mol. The van der Waals surface area contributed by atoms with Crippen molar-refractivity contribution in [2.24, 2.45) is 0 Å². The monoisotopic (exact) mass is 344 g/mol. The van der Waals surface area contributed by atoms with Crippen molar-refractivity contribution in [2.45, 2.75) is 103 Å². The molecule has 0 aromatic heterocycles. The number of rotatable bonds is 14. The average molecular weight is 345 g/mol. The molecule has 2 unspecified atom stereocenters. The molecule has 0 radical (unpaired) electrons. The van der Waals surface area contributed by atoms with Crippen LogP contribution in [0.1, 0.15) is 85.0 Å². The fraction of sp³-hybridized carbons (Fsp3) is 0.889.